The number of hydrogen-bond acceptors (Lipinski definition) is 7. The number of nitrogens with zero attached hydrogens (tertiary/aromatic N) is 2. The molecule has 4 aromatic rings. The average molecular weight is 558 g/mol. The number of methoxy groups -OCH3 is 2. The molecule has 0 amide bonds. The maximum absolute atomic E-state index is 13.0. The van der Waals surface area contributed by atoms with E-state index in [1.807, 2.05) is 0 Å². The number of ether oxygens (including phenoxy) is 3. The van der Waals surface area contributed by atoms with E-state index in [4.69, 9.17) is 14.2 Å². The second kappa shape index (κ2) is 11.4. The number of alkyl halides is 3. The average Bonchev–Trinajstić information content (AvgIpc) is 2.93. The van der Waals surface area contributed by atoms with Crippen molar-refractivity contribution in [3.05, 3.63) is 95.4 Å². The molecule has 4 rings (SSSR count). The van der Waals surface area contributed by atoms with E-state index in [0.29, 0.717) is 11.3 Å². The lowest BCUT2D eigenvalue weighted by atomic mass is 10.1. The van der Waals surface area contributed by atoms with Gasteiger partial charge in [-0.25, -0.2) is 13.4 Å². The van der Waals surface area contributed by atoms with Crippen LogP contribution >= 0.6 is 0 Å². The lowest BCUT2D eigenvalue weighted by Crippen LogP contribution is -2.13. The van der Waals surface area contributed by atoms with Crippen LogP contribution in [0, 0.1) is 0 Å². The van der Waals surface area contributed by atoms with Crippen molar-refractivity contribution in [3.8, 4) is 34.5 Å². The molecule has 0 aliphatic heterocycles. The van der Waals surface area contributed by atoms with Gasteiger partial charge in [-0.1, -0.05) is 54.6 Å². The number of benzene rings is 3. The van der Waals surface area contributed by atoms with Crippen molar-refractivity contribution in [3.63, 3.8) is 0 Å². The summed E-state index contributed by atoms with van der Waals surface area (Å²) in [6.07, 6.45) is -3.15. The van der Waals surface area contributed by atoms with Crippen molar-refractivity contribution in [2.45, 2.75) is 6.18 Å². The standard InChI is InChI=1S/C27H22F3N3O5S/c1-36-21-10-6-7-11-22(21)38-23-25(33-39(34,35)17-16-18-8-4-3-5-9-18)31-24(32-26(23)37-2)19-12-14-20(15-13-19)27(28,29)30/h3-17H,1-2H3,(H,31,32,33). The Morgan fingerprint density at radius 3 is 2.08 bits per heavy atom. The van der Waals surface area contributed by atoms with Gasteiger partial charge in [-0.2, -0.15) is 18.2 Å². The van der Waals surface area contributed by atoms with E-state index in [1.54, 1.807) is 54.6 Å². The summed E-state index contributed by atoms with van der Waals surface area (Å²) in [6.45, 7) is 0. The molecule has 3 aromatic carbocycles. The first-order valence-corrected chi connectivity index (χ1v) is 12.8. The summed E-state index contributed by atoms with van der Waals surface area (Å²) in [5, 5.41) is 0.946. The van der Waals surface area contributed by atoms with Crippen LogP contribution in [0.4, 0.5) is 19.0 Å². The number of rotatable bonds is 9. The summed E-state index contributed by atoms with van der Waals surface area (Å²) in [5.41, 5.74) is -0.0363. The van der Waals surface area contributed by atoms with E-state index in [2.05, 4.69) is 14.7 Å². The van der Waals surface area contributed by atoms with Crippen molar-refractivity contribution >= 4 is 21.9 Å². The SMILES string of the molecule is COc1ccccc1Oc1c(NS(=O)(=O)C=Cc2ccccc2)nc(-c2ccc(C(F)(F)F)cc2)nc1OC. The molecule has 39 heavy (non-hydrogen) atoms. The van der Waals surface area contributed by atoms with E-state index >= 15 is 0 Å². The van der Waals surface area contributed by atoms with E-state index in [0.717, 1.165) is 17.5 Å². The zero-order valence-corrected chi connectivity index (χ0v) is 21.5. The van der Waals surface area contributed by atoms with Gasteiger partial charge in [0.05, 0.1) is 25.2 Å². The molecule has 8 nitrogen and oxygen atoms in total. The van der Waals surface area contributed by atoms with Crippen molar-refractivity contribution in [2.75, 3.05) is 18.9 Å². The maximum Gasteiger partial charge on any atom is 0.416 e. The molecule has 0 saturated heterocycles. The first-order chi connectivity index (χ1) is 18.6. The van der Waals surface area contributed by atoms with E-state index in [1.165, 1.54) is 32.4 Å². The Labute approximate surface area is 222 Å². The van der Waals surface area contributed by atoms with Crippen molar-refractivity contribution < 1.29 is 35.8 Å². The Bertz CT molecular complexity index is 1580. The Kier molecular flexibility index (Phi) is 8.05. The Hall–Kier alpha value is -4.58. The second-order valence-corrected chi connectivity index (χ2v) is 9.49. The number of aromatic nitrogens is 2. The van der Waals surface area contributed by atoms with Crippen LogP contribution in [0.3, 0.4) is 0 Å². The lowest BCUT2D eigenvalue weighted by molar-refractivity contribution is -0.137. The van der Waals surface area contributed by atoms with Gasteiger partial charge in [-0.3, -0.25) is 4.72 Å². The zero-order valence-electron chi connectivity index (χ0n) is 20.6. The third kappa shape index (κ3) is 6.85. The predicted octanol–water partition coefficient (Wildman–Crippen LogP) is 6.38. The highest BCUT2D eigenvalue weighted by atomic mass is 32.2. The number of sulfonamides is 1. The largest absolute Gasteiger partial charge is 0.493 e. The lowest BCUT2D eigenvalue weighted by Gasteiger charge is -2.17. The molecule has 0 spiro atoms. The minimum Gasteiger partial charge on any atom is -0.493 e. The molecule has 0 radical (unpaired) electrons. The van der Waals surface area contributed by atoms with Crippen LogP contribution in [0.15, 0.2) is 84.3 Å². The van der Waals surface area contributed by atoms with Crippen molar-refractivity contribution in [1.82, 2.24) is 9.97 Å². The summed E-state index contributed by atoms with van der Waals surface area (Å²) in [4.78, 5) is 8.53. The molecule has 0 aliphatic carbocycles. The molecule has 0 aliphatic rings. The quantitative estimate of drug-likeness (QED) is 0.255. The van der Waals surface area contributed by atoms with Crippen LogP contribution in [-0.4, -0.2) is 32.6 Å². The van der Waals surface area contributed by atoms with Crippen LogP contribution in [-0.2, 0) is 16.2 Å². The predicted molar refractivity (Wildman–Crippen MR) is 140 cm³/mol. The number of hydrogen-bond donors (Lipinski definition) is 1. The summed E-state index contributed by atoms with van der Waals surface area (Å²) in [5.74, 6) is -0.212. The van der Waals surface area contributed by atoms with Gasteiger partial charge in [-0.05, 0) is 35.9 Å². The first kappa shape index (κ1) is 27.5. The molecule has 0 atom stereocenters. The Morgan fingerprint density at radius 1 is 0.821 bits per heavy atom. The minimum absolute atomic E-state index is 0.0994. The normalized spacial score (nSPS) is 11.8. The summed E-state index contributed by atoms with van der Waals surface area (Å²) in [7, 11) is -1.44. The Balaban J connectivity index is 1.80. The summed E-state index contributed by atoms with van der Waals surface area (Å²) < 4.78 is 84.1. The summed E-state index contributed by atoms with van der Waals surface area (Å²) >= 11 is 0. The van der Waals surface area contributed by atoms with Crippen LogP contribution in [0.2, 0.25) is 0 Å². The molecular weight excluding hydrogens is 535 g/mol. The van der Waals surface area contributed by atoms with E-state index in [9.17, 15) is 21.6 Å². The van der Waals surface area contributed by atoms with Crippen molar-refractivity contribution in [1.29, 1.82) is 0 Å². The molecule has 202 valence electrons. The highest BCUT2D eigenvalue weighted by molar-refractivity contribution is 7.95. The van der Waals surface area contributed by atoms with Gasteiger partial charge in [0.25, 0.3) is 15.9 Å². The fraction of sp³-hybridized carbons (Fsp3) is 0.111. The molecule has 1 heterocycles. The van der Waals surface area contributed by atoms with Gasteiger partial charge in [0.1, 0.15) is 0 Å². The maximum atomic E-state index is 13.0. The van der Waals surface area contributed by atoms with Gasteiger partial charge in [0.2, 0.25) is 5.75 Å². The highest BCUT2D eigenvalue weighted by Gasteiger charge is 2.30. The first-order valence-electron chi connectivity index (χ1n) is 11.3. The minimum atomic E-state index is -4.53. The van der Waals surface area contributed by atoms with Crippen LogP contribution in [0.5, 0.6) is 23.1 Å². The number of nitrogens with one attached hydrogen (secondary N) is 1. The van der Waals surface area contributed by atoms with Gasteiger partial charge in [0, 0.05) is 5.56 Å². The number of para-hydroxylation sites is 2. The topological polar surface area (TPSA) is 99.6 Å². The van der Waals surface area contributed by atoms with Crippen molar-refractivity contribution in [2.24, 2.45) is 0 Å². The second-order valence-electron chi connectivity index (χ2n) is 7.92. The fourth-order valence-corrected chi connectivity index (χ4v) is 4.19. The molecule has 0 bridgehead atoms. The molecule has 12 heteroatoms. The fourth-order valence-electron chi connectivity index (χ4n) is 3.38. The third-order valence-electron chi connectivity index (χ3n) is 5.26. The number of halogens is 3. The van der Waals surface area contributed by atoms with Crippen LogP contribution in [0.25, 0.3) is 17.5 Å². The smallest absolute Gasteiger partial charge is 0.416 e. The molecule has 0 unspecified atom stereocenters. The molecule has 0 saturated carbocycles. The van der Waals surface area contributed by atoms with Gasteiger partial charge in [-0.15, -0.1) is 0 Å². The monoisotopic (exact) mass is 557 g/mol. The zero-order chi connectivity index (χ0) is 28.0. The third-order valence-corrected chi connectivity index (χ3v) is 6.23. The van der Waals surface area contributed by atoms with E-state index in [-0.39, 0.29) is 34.6 Å². The van der Waals surface area contributed by atoms with Gasteiger partial charge < -0.3 is 14.2 Å². The van der Waals surface area contributed by atoms with Gasteiger partial charge in [0.15, 0.2) is 23.1 Å². The molecule has 1 aromatic heterocycles. The van der Waals surface area contributed by atoms with Gasteiger partial charge >= 0.3 is 6.18 Å². The van der Waals surface area contributed by atoms with Crippen LogP contribution < -0.4 is 18.9 Å². The molecule has 0 fully saturated rings. The number of anilines is 1. The Morgan fingerprint density at radius 2 is 1.46 bits per heavy atom. The van der Waals surface area contributed by atoms with Crippen LogP contribution in [0.1, 0.15) is 11.1 Å². The summed E-state index contributed by atoms with van der Waals surface area (Å²) in [6, 6.07) is 19.4. The molecule has 1 N–H and O–H groups in total. The highest BCUT2D eigenvalue weighted by Crippen LogP contribution is 2.41. The van der Waals surface area contributed by atoms with E-state index < -0.39 is 21.8 Å². The molecular formula is C27H22F3N3O5S.